The summed E-state index contributed by atoms with van der Waals surface area (Å²) in [7, 11) is 0. The third kappa shape index (κ3) is 3.45. The van der Waals surface area contributed by atoms with Gasteiger partial charge in [0.05, 0.1) is 0 Å². The topological polar surface area (TPSA) is 52.0 Å². The predicted molar refractivity (Wildman–Crippen MR) is 114 cm³/mol. The minimum atomic E-state index is 0.504. The van der Waals surface area contributed by atoms with Gasteiger partial charge in [-0.3, -0.25) is 0 Å². The molecule has 3 aromatic carbocycles. The summed E-state index contributed by atoms with van der Waals surface area (Å²) in [6.45, 7) is 8.79. The number of nitrogen functional groups attached to an aromatic ring is 2. The Balaban J connectivity index is 2.06. The average molecular weight is 345 g/mol. The van der Waals surface area contributed by atoms with Gasteiger partial charge in [-0.2, -0.15) is 0 Å². The standard InChI is InChI=1S/C24H28N2/c1-15(2)17-5-9-19(10-6-17)21-13-14-22(25)23(24(21)26)20-11-7-18(8-12-20)16(3)4/h5-16H,25-26H2,1-4H3. The molecular weight excluding hydrogens is 316 g/mol. The molecule has 0 heterocycles. The summed E-state index contributed by atoms with van der Waals surface area (Å²) in [5.74, 6) is 1.02. The van der Waals surface area contributed by atoms with Gasteiger partial charge in [0.15, 0.2) is 0 Å². The van der Waals surface area contributed by atoms with E-state index in [2.05, 4.69) is 76.2 Å². The molecule has 26 heavy (non-hydrogen) atoms. The van der Waals surface area contributed by atoms with Crippen LogP contribution >= 0.6 is 0 Å². The van der Waals surface area contributed by atoms with Crippen molar-refractivity contribution in [3.8, 4) is 22.3 Å². The molecule has 0 unspecified atom stereocenters. The van der Waals surface area contributed by atoms with Crippen LogP contribution in [0.15, 0.2) is 60.7 Å². The predicted octanol–water partition coefficient (Wildman–Crippen LogP) is 6.43. The maximum absolute atomic E-state index is 6.56. The largest absolute Gasteiger partial charge is 0.398 e. The van der Waals surface area contributed by atoms with E-state index in [0.717, 1.165) is 27.9 Å². The summed E-state index contributed by atoms with van der Waals surface area (Å²) < 4.78 is 0. The normalized spacial score (nSPS) is 11.3. The summed E-state index contributed by atoms with van der Waals surface area (Å²) in [5.41, 5.74) is 21.1. The van der Waals surface area contributed by atoms with Crippen molar-refractivity contribution in [2.24, 2.45) is 0 Å². The molecule has 0 atom stereocenters. The Morgan fingerprint density at radius 1 is 0.577 bits per heavy atom. The summed E-state index contributed by atoms with van der Waals surface area (Å²) in [5, 5.41) is 0. The maximum Gasteiger partial charge on any atom is 0.0494 e. The lowest BCUT2D eigenvalue weighted by molar-refractivity contribution is 0.867. The molecule has 0 saturated heterocycles. The molecule has 0 saturated carbocycles. The van der Waals surface area contributed by atoms with Crippen molar-refractivity contribution in [2.75, 3.05) is 11.5 Å². The van der Waals surface area contributed by atoms with E-state index < -0.39 is 0 Å². The Bertz CT molecular complexity index is 889. The lowest BCUT2D eigenvalue weighted by Crippen LogP contribution is -1.99. The van der Waals surface area contributed by atoms with Crippen molar-refractivity contribution in [3.05, 3.63) is 71.8 Å². The molecule has 0 aliphatic rings. The molecule has 2 nitrogen and oxygen atoms in total. The van der Waals surface area contributed by atoms with E-state index in [1.165, 1.54) is 11.1 Å². The Morgan fingerprint density at radius 3 is 1.50 bits per heavy atom. The molecule has 0 aliphatic carbocycles. The van der Waals surface area contributed by atoms with Gasteiger partial charge < -0.3 is 11.5 Å². The molecule has 0 radical (unpaired) electrons. The van der Waals surface area contributed by atoms with Crippen LogP contribution in [0.1, 0.15) is 50.7 Å². The van der Waals surface area contributed by atoms with E-state index in [1.807, 2.05) is 12.1 Å². The lowest BCUT2D eigenvalue weighted by atomic mass is 9.92. The van der Waals surface area contributed by atoms with E-state index in [9.17, 15) is 0 Å². The second kappa shape index (κ2) is 7.25. The Hall–Kier alpha value is -2.74. The smallest absolute Gasteiger partial charge is 0.0494 e. The SMILES string of the molecule is CC(C)c1ccc(-c2ccc(N)c(-c3ccc(C(C)C)cc3)c2N)cc1. The van der Waals surface area contributed by atoms with Crippen LogP contribution in [-0.2, 0) is 0 Å². The Morgan fingerprint density at radius 2 is 1.04 bits per heavy atom. The van der Waals surface area contributed by atoms with Gasteiger partial charge in [0, 0.05) is 22.5 Å². The van der Waals surface area contributed by atoms with Gasteiger partial charge in [0.1, 0.15) is 0 Å². The number of hydrogen-bond donors (Lipinski definition) is 2. The maximum atomic E-state index is 6.56. The van der Waals surface area contributed by atoms with E-state index in [0.29, 0.717) is 17.5 Å². The van der Waals surface area contributed by atoms with Gasteiger partial charge in [-0.05, 0) is 40.2 Å². The third-order valence-corrected chi connectivity index (χ3v) is 5.03. The van der Waals surface area contributed by atoms with Crippen LogP contribution in [0, 0.1) is 0 Å². The first-order valence-electron chi connectivity index (χ1n) is 9.27. The van der Waals surface area contributed by atoms with Crippen molar-refractivity contribution >= 4 is 11.4 Å². The monoisotopic (exact) mass is 344 g/mol. The van der Waals surface area contributed by atoms with Gasteiger partial charge in [0.2, 0.25) is 0 Å². The van der Waals surface area contributed by atoms with Crippen molar-refractivity contribution < 1.29 is 0 Å². The molecule has 2 heteroatoms. The molecule has 4 N–H and O–H groups in total. The highest BCUT2D eigenvalue weighted by Gasteiger charge is 2.13. The van der Waals surface area contributed by atoms with Gasteiger partial charge in [-0.25, -0.2) is 0 Å². The summed E-state index contributed by atoms with van der Waals surface area (Å²) in [4.78, 5) is 0. The first kappa shape index (κ1) is 18.1. The number of nitrogens with two attached hydrogens (primary N) is 2. The van der Waals surface area contributed by atoms with Gasteiger partial charge in [-0.1, -0.05) is 82.3 Å². The molecular formula is C24H28N2. The minimum absolute atomic E-state index is 0.504. The van der Waals surface area contributed by atoms with Crippen LogP contribution in [0.25, 0.3) is 22.3 Å². The molecule has 0 bridgehead atoms. The van der Waals surface area contributed by atoms with Crippen molar-refractivity contribution in [2.45, 2.75) is 39.5 Å². The van der Waals surface area contributed by atoms with Crippen molar-refractivity contribution in [1.82, 2.24) is 0 Å². The summed E-state index contributed by atoms with van der Waals surface area (Å²) in [6, 6.07) is 21.1. The number of anilines is 2. The van der Waals surface area contributed by atoms with Crippen molar-refractivity contribution in [1.29, 1.82) is 0 Å². The lowest BCUT2D eigenvalue weighted by Gasteiger charge is -2.16. The number of benzene rings is 3. The van der Waals surface area contributed by atoms with Gasteiger partial charge >= 0.3 is 0 Å². The van der Waals surface area contributed by atoms with E-state index in [4.69, 9.17) is 11.5 Å². The molecule has 0 amide bonds. The molecule has 0 aromatic heterocycles. The Labute approximate surface area is 156 Å². The molecule has 0 fully saturated rings. The molecule has 3 aromatic rings. The highest BCUT2D eigenvalue weighted by atomic mass is 14.6. The van der Waals surface area contributed by atoms with Crippen LogP contribution in [-0.4, -0.2) is 0 Å². The fourth-order valence-corrected chi connectivity index (χ4v) is 3.29. The second-order valence-electron chi connectivity index (χ2n) is 7.54. The fourth-order valence-electron chi connectivity index (χ4n) is 3.29. The highest BCUT2D eigenvalue weighted by molar-refractivity contribution is 5.95. The van der Waals surface area contributed by atoms with Crippen LogP contribution in [0.2, 0.25) is 0 Å². The first-order valence-corrected chi connectivity index (χ1v) is 9.27. The molecule has 0 aliphatic heterocycles. The number of rotatable bonds is 4. The van der Waals surface area contributed by atoms with Crippen LogP contribution in [0.5, 0.6) is 0 Å². The summed E-state index contributed by atoms with van der Waals surface area (Å²) >= 11 is 0. The first-order chi connectivity index (χ1) is 12.4. The third-order valence-electron chi connectivity index (χ3n) is 5.03. The quantitative estimate of drug-likeness (QED) is 0.536. The molecule has 3 rings (SSSR count). The van der Waals surface area contributed by atoms with Crippen LogP contribution in [0.3, 0.4) is 0 Å². The van der Waals surface area contributed by atoms with Gasteiger partial charge in [-0.15, -0.1) is 0 Å². The highest BCUT2D eigenvalue weighted by Crippen LogP contribution is 2.39. The zero-order chi connectivity index (χ0) is 18.8. The fraction of sp³-hybridized carbons (Fsp3) is 0.250. The summed E-state index contributed by atoms with van der Waals surface area (Å²) in [6.07, 6.45) is 0. The van der Waals surface area contributed by atoms with Crippen molar-refractivity contribution in [3.63, 3.8) is 0 Å². The molecule has 134 valence electrons. The van der Waals surface area contributed by atoms with E-state index in [-0.39, 0.29) is 0 Å². The molecule has 0 spiro atoms. The average Bonchev–Trinajstić information content (AvgIpc) is 2.62. The zero-order valence-electron chi connectivity index (χ0n) is 16.1. The van der Waals surface area contributed by atoms with Crippen LogP contribution < -0.4 is 11.5 Å². The number of hydrogen-bond acceptors (Lipinski definition) is 2. The van der Waals surface area contributed by atoms with Crippen LogP contribution in [0.4, 0.5) is 11.4 Å². The van der Waals surface area contributed by atoms with E-state index >= 15 is 0 Å². The minimum Gasteiger partial charge on any atom is -0.398 e. The van der Waals surface area contributed by atoms with Gasteiger partial charge in [0.25, 0.3) is 0 Å². The van der Waals surface area contributed by atoms with E-state index in [1.54, 1.807) is 0 Å². The second-order valence-corrected chi connectivity index (χ2v) is 7.54. The zero-order valence-corrected chi connectivity index (χ0v) is 16.1. The Kier molecular flexibility index (Phi) is 5.03.